The summed E-state index contributed by atoms with van der Waals surface area (Å²) in [7, 11) is 0. The van der Waals surface area contributed by atoms with Crippen molar-refractivity contribution in [3.63, 3.8) is 0 Å². The van der Waals surface area contributed by atoms with Crippen LogP contribution in [0.2, 0.25) is 0 Å². The second kappa shape index (κ2) is 24.6. The first-order chi connectivity index (χ1) is 10.4. The minimum absolute atomic E-state index is 0. The van der Waals surface area contributed by atoms with Gasteiger partial charge >= 0.3 is 0 Å². The number of hydrogen-bond acceptors (Lipinski definition) is 9. The lowest BCUT2D eigenvalue weighted by Gasteiger charge is -1.99. The molecule has 0 fully saturated rings. The molecule has 150 valence electrons. The van der Waals surface area contributed by atoms with Gasteiger partial charge in [-0.05, 0) is 20.8 Å². The fourth-order valence-corrected chi connectivity index (χ4v) is 0.848. The standard InChI is InChI=1S/C5H8N4O.C5H11NO2.C2H6N2.CH4.2ClH/c1-4-6-8-5(2-3-10)9-7-4;1-2-8-5(6)3-4-7;1-2(3)4;;;/h10H,2-3H2,1H3;6-7H,2-4H2,1H3;1H3,(H3,3,4);1H4;2*1H. The van der Waals surface area contributed by atoms with E-state index in [0.717, 1.165) is 0 Å². The van der Waals surface area contributed by atoms with Crippen molar-refractivity contribution in [2.75, 3.05) is 19.8 Å². The Bertz CT molecular complexity index is 411. The monoisotopic (exact) mass is 403 g/mol. The number of amidine groups is 1. The average molecular weight is 404 g/mol. The van der Waals surface area contributed by atoms with Gasteiger partial charge in [0, 0.05) is 12.8 Å². The van der Waals surface area contributed by atoms with Crippen molar-refractivity contribution in [1.29, 1.82) is 10.8 Å². The van der Waals surface area contributed by atoms with Gasteiger partial charge in [0.25, 0.3) is 0 Å². The summed E-state index contributed by atoms with van der Waals surface area (Å²) in [6.45, 7) is 5.60. The molecule has 12 heteroatoms. The Kier molecular flexibility index (Phi) is 34.2. The molecule has 6 N–H and O–H groups in total. The molecule has 1 aromatic rings. The van der Waals surface area contributed by atoms with E-state index in [2.05, 4.69) is 20.4 Å². The maximum absolute atomic E-state index is 8.45. The summed E-state index contributed by atoms with van der Waals surface area (Å²) in [5.74, 6) is 1.35. The maximum Gasteiger partial charge on any atom is 0.182 e. The Morgan fingerprint density at radius 2 is 1.52 bits per heavy atom. The van der Waals surface area contributed by atoms with E-state index in [4.69, 9.17) is 31.5 Å². The number of aliphatic hydroxyl groups is 2. The zero-order valence-corrected chi connectivity index (χ0v) is 15.7. The molecule has 0 bridgehead atoms. The molecule has 0 aliphatic heterocycles. The first-order valence-electron chi connectivity index (χ1n) is 6.62. The Hall–Kier alpha value is -1.62. The molecule has 0 aliphatic carbocycles. The molecule has 10 nitrogen and oxygen atoms in total. The molecule has 25 heavy (non-hydrogen) atoms. The molecule has 0 saturated carbocycles. The first kappa shape index (κ1) is 34.7. The third-order valence-electron chi connectivity index (χ3n) is 1.61. The Morgan fingerprint density at radius 1 is 1.08 bits per heavy atom. The van der Waals surface area contributed by atoms with Gasteiger partial charge < -0.3 is 20.7 Å². The van der Waals surface area contributed by atoms with E-state index in [1.54, 1.807) is 6.92 Å². The zero-order valence-electron chi connectivity index (χ0n) is 14.0. The highest BCUT2D eigenvalue weighted by Gasteiger charge is 1.95. The van der Waals surface area contributed by atoms with Crippen LogP contribution in [-0.2, 0) is 11.2 Å². The van der Waals surface area contributed by atoms with Gasteiger partial charge in [-0.15, -0.1) is 45.2 Å². The van der Waals surface area contributed by atoms with Crippen molar-refractivity contribution >= 4 is 36.5 Å². The van der Waals surface area contributed by atoms with E-state index in [-0.39, 0.29) is 57.2 Å². The number of nitrogens with zero attached hydrogens (tertiary/aromatic N) is 4. The van der Waals surface area contributed by atoms with Gasteiger partial charge in [0.15, 0.2) is 17.5 Å². The SMILES string of the molecule is C.CC(=N)N.CCOC(=N)CCO.Cc1nnc(CCO)nn1.Cl.Cl. The van der Waals surface area contributed by atoms with Crippen molar-refractivity contribution in [3.8, 4) is 0 Å². The van der Waals surface area contributed by atoms with E-state index in [1.165, 1.54) is 6.92 Å². The fraction of sp³-hybridized carbons (Fsp3) is 0.692. The number of aryl methyl sites for hydroxylation is 1. The Balaban J connectivity index is -0.0000000814. The maximum atomic E-state index is 8.45. The van der Waals surface area contributed by atoms with Crippen molar-refractivity contribution < 1.29 is 14.9 Å². The van der Waals surface area contributed by atoms with Crippen LogP contribution in [0.1, 0.15) is 39.3 Å². The van der Waals surface area contributed by atoms with Crippen LogP contribution in [0.15, 0.2) is 0 Å². The summed E-state index contributed by atoms with van der Waals surface area (Å²) in [4.78, 5) is 0. The Morgan fingerprint density at radius 3 is 1.84 bits per heavy atom. The van der Waals surface area contributed by atoms with Gasteiger partial charge in [0.2, 0.25) is 0 Å². The predicted octanol–water partition coefficient (Wildman–Crippen LogP) is 0.914. The lowest BCUT2D eigenvalue weighted by Crippen LogP contribution is -2.04. The lowest BCUT2D eigenvalue weighted by molar-refractivity contribution is 0.271. The zero-order chi connectivity index (χ0) is 17.4. The topological polar surface area (TPSA) is 175 Å². The average Bonchev–Trinajstić information content (AvgIpc) is 2.42. The summed E-state index contributed by atoms with van der Waals surface area (Å²) in [5.41, 5.74) is 4.69. The Labute approximate surface area is 161 Å². The van der Waals surface area contributed by atoms with Crippen LogP contribution < -0.4 is 5.73 Å². The highest BCUT2D eigenvalue weighted by molar-refractivity contribution is 5.85. The van der Waals surface area contributed by atoms with Crippen LogP contribution in [0.5, 0.6) is 0 Å². The number of aromatic nitrogens is 4. The van der Waals surface area contributed by atoms with Gasteiger partial charge in [-0.2, -0.15) is 0 Å². The number of halogens is 2. The highest BCUT2D eigenvalue weighted by atomic mass is 35.5. The number of aliphatic hydroxyl groups excluding tert-OH is 2. The molecule has 1 heterocycles. The van der Waals surface area contributed by atoms with Crippen molar-refractivity contribution in [3.05, 3.63) is 11.6 Å². The third kappa shape index (κ3) is 30.8. The molecule has 1 rings (SSSR count). The molecule has 0 saturated heterocycles. The number of rotatable bonds is 5. The molecular formula is C13H31Cl2N7O3. The van der Waals surface area contributed by atoms with E-state index >= 15 is 0 Å². The molecule has 1 aromatic heterocycles. The van der Waals surface area contributed by atoms with Crippen LogP contribution in [-0.4, -0.2) is 62.2 Å². The van der Waals surface area contributed by atoms with Gasteiger partial charge in [0.1, 0.15) is 0 Å². The number of ether oxygens (including phenoxy) is 1. The highest BCUT2D eigenvalue weighted by Crippen LogP contribution is 1.85. The fourth-order valence-electron chi connectivity index (χ4n) is 0.848. The minimum Gasteiger partial charge on any atom is -0.481 e. The van der Waals surface area contributed by atoms with Crippen LogP contribution in [0.25, 0.3) is 0 Å². The third-order valence-corrected chi connectivity index (χ3v) is 1.61. The van der Waals surface area contributed by atoms with E-state index in [1.807, 2.05) is 6.92 Å². The van der Waals surface area contributed by atoms with Gasteiger partial charge in [0.05, 0.1) is 25.7 Å². The molecule has 0 radical (unpaired) electrons. The van der Waals surface area contributed by atoms with Crippen LogP contribution in [0.4, 0.5) is 0 Å². The van der Waals surface area contributed by atoms with Crippen LogP contribution in [0, 0.1) is 17.7 Å². The molecular weight excluding hydrogens is 373 g/mol. The molecule has 0 atom stereocenters. The second-order valence-electron chi connectivity index (χ2n) is 3.85. The van der Waals surface area contributed by atoms with Crippen LogP contribution in [0.3, 0.4) is 0 Å². The minimum atomic E-state index is -0.00116. The molecule has 0 amide bonds. The summed E-state index contributed by atoms with van der Waals surface area (Å²) in [6, 6.07) is 0. The van der Waals surface area contributed by atoms with E-state index in [0.29, 0.717) is 31.1 Å². The summed E-state index contributed by atoms with van der Waals surface area (Å²) < 4.78 is 4.71. The lowest BCUT2D eigenvalue weighted by atomic mass is 10.4. The molecule has 0 unspecified atom stereocenters. The summed E-state index contributed by atoms with van der Waals surface area (Å²) in [6.07, 6.45) is 0.744. The number of hydrogen-bond donors (Lipinski definition) is 5. The first-order valence-corrected chi connectivity index (χ1v) is 6.62. The summed E-state index contributed by atoms with van der Waals surface area (Å²) in [5, 5.41) is 44.6. The predicted molar refractivity (Wildman–Crippen MR) is 103 cm³/mol. The van der Waals surface area contributed by atoms with Gasteiger partial charge in [-0.1, -0.05) is 7.43 Å². The molecule has 0 spiro atoms. The molecule has 0 aliphatic rings. The van der Waals surface area contributed by atoms with Crippen LogP contribution >= 0.6 is 24.8 Å². The molecule has 0 aromatic carbocycles. The second-order valence-corrected chi connectivity index (χ2v) is 3.85. The van der Waals surface area contributed by atoms with E-state index < -0.39 is 0 Å². The number of nitrogens with two attached hydrogens (primary N) is 1. The number of nitrogens with one attached hydrogen (secondary N) is 2. The van der Waals surface area contributed by atoms with Crippen molar-refractivity contribution in [1.82, 2.24) is 20.4 Å². The largest absolute Gasteiger partial charge is 0.481 e. The van der Waals surface area contributed by atoms with Crippen molar-refractivity contribution in [2.45, 2.75) is 41.0 Å². The van der Waals surface area contributed by atoms with E-state index in [9.17, 15) is 0 Å². The van der Waals surface area contributed by atoms with Crippen molar-refractivity contribution in [2.24, 2.45) is 5.73 Å². The normalized spacial score (nSPS) is 7.72. The quantitative estimate of drug-likeness (QED) is 0.355. The van der Waals surface area contributed by atoms with Gasteiger partial charge in [-0.25, -0.2) is 0 Å². The summed E-state index contributed by atoms with van der Waals surface area (Å²) >= 11 is 0. The van der Waals surface area contributed by atoms with Gasteiger partial charge in [-0.3, -0.25) is 10.8 Å². The smallest absolute Gasteiger partial charge is 0.182 e.